The van der Waals surface area contributed by atoms with Gasteiger partial charge in [0.15, 0.2) is 0 Å². The van der Waals surface area contributed by atoms with E-state index < -0.39 is 16.0 Å². The van der Waals surface area contributed by atoms with Crippen molar-refractivity contribution in [3.05, 3.63) is 54.1 Å². The van der Waals surface area contributed by atoms with Crippen molar-refractivity contribution in [1.29, 1.82) is 0 Å². The fourth-order valence-electron chi connectivity index (χ4n) is 2.78. The van der Waals surface area contributed by atoms with Crippen LogP contribution in [0.1, 0.15) is 30.1 Å². The van der Waals surface area contributed by atoms with E-state index in [1.807, 2.05) is 0 Å². The number of benzene rings is 2. The van der Waals surface area contributed by atoms with Crippen LogP contribution in [0, 0.1) is 0 Å². The number of amides is 1. The molecule has 162 valence electrons. The highest BCUT2D eigenvalue weighted by molar-refractivity contribution is 7.92. The molecule has 2 rings (SSSR count). The molecule has 30 heavy (non-hydrogen) atoms. The summed E-state index contributed by atoms with van der Waals surface area (Å²) in [6.07, 6.45) is 1.56. The summed E-state index contributed by atoms with van der Waals surface area (Å²) in [6, 6.07) is 13.1. The van der Waals surface area contributed by atoms with Gasteiger partial charge in [0.05, 0.1) is 31.2 Å². The number of rotatable bonds is 10. The summed E-state index contributed by atoms with van der Waals surface area (Å²) in [7, 11) is -1.97. The number of hydrogen-bond donors (Lipinski definition) is 1. The van der Waals surface area contributed by atoms with E-state index in [9.17, 15) is 18.0 Å². The Morgan fingerprint density at radius 2 is 1.80 bits per heavy atom. The highest BCUT2D eigenvalue weighted by Crippen LogP contribution is 2.22. The number of nitrogens with one attached hydrogen (secondary N) is 1. The second-order valence-corrected chi connectivity index (χ2v) is 8.39. The van der Waals surface area contributed by atoms with Gasteiger partial charge in [-0.05, 0) is 55.8 Å². The van der Waals surface area contributed by atoms with Gasteiger partial charge in [-0.1, -0.05) is 6.07 Å². The smallest absolute Gasteiger partial charge is 0.338 e. The molecule has 9 heteroatoms. The second kappa shape index (κ2) is 10.6. The zero-order valence-corrected chi connectivity index (χ0v) is 18.1. The Kier molecular flexibility index (Phi) is 8.23. The first-order valence-corrected chi connectivity index (χ1v) is 11.3. The van der Waals surface area contributed by atoms with Gasteiger partial charge >= 0.3 is 5.97 Å². The van der Waals surface area contributed by atoms with E-state index in [4.69, 9.17) is 9.47 Å². The summed E-state index contributed by atoms with van der Waals surface area (Å²) in [4.78, 5) is 24.1. The fraction of sp³-hybridized carbons (Fsp3) is 0.333. The standard InChI is InChI=1S/C21H26N2O6S/c1-4-29-21(25)16-7-5-8-17(15-16)22-20(24)9-6-14-23(30(3,26)27)18-10-12-19(28-2)13-11-18/h5,7-8,10-13,15H,4,6,9,14H2,1-3H3,(H,22,24). The minimum absolute atomic E-state index is 0.117. The number of methoxy groups -OCH3 is 1. The number of sulfonamides is 1. The van der Waals surface area contributed by atoms with E-state index >= 15 is 0 Å². The molecule has 2 aromatic carbocycles. The van der Waals surface area contributed by atoms with Crippen LogP contribution < -0.4 is 14.4 Å². The molecule has 1 amide bonds. The Balaban J connectivity index is 1.96. The lowest BCUT2D eigenvalue weighted by atomic mass is 10.2. The number of carbonyl (C=O) groups excluding carboxylic acids is 2. The molecule has 0 radical (unpaired) electrons. The minimum atomic E-state index is -3.51. The Hall–Kier alpha value is -3.07. The fourth-order valence-corrected chi connectivity index (χ4v) is 3.75. The van der Waals surface area contributed by atoms with Gasteiger partial charge in [0.2, 0.25) is 15.9 Å². The van der Waals surface area contributed by atoms with Crippen molar-refractivity contribution in [3.63, 3.8) is 0 Å². The van der Waals surface area contributed by atoms with Gasteiger partial charge in [-0.15, -0.1) is 0 Å². The van der Waals surface area contributed by atoms with E-state index in [0.29, 0.717) is 29.1 Å². The summed E-state index contributed by atoms with van der Waals surface area (Å²) < 4.78 is 35.6. The van der Waals surface area contributed by atoms with Gasteiger partial charge in [0.1, 0.15) is 5.75 Å². The van der Waals surface area contributed by atoms with Gasteiger partial charge < -0.3 is 14.8 Å². The van der Waals surface area contributed by atoms with E-state index in [2.05, 4.69) is 5.32 Å². The SMILES string of the molecule is CCOC(=O)c1cccc(NC(=O)CCCN(c2ccc(OC)cc2)S(C)(=O)=O)c1. The molecule has 0 aromatic heterocycles. The van der Waals surface area contributed by atoms with Crippen molar-refractivity contribution in [2.24, 2.45) is 0 Å². The largest absolute Gasteiger partial charge is 0.497 e. The molecular weight excluding hydrogens is 408 g/mol. The van der Waals surface area contributed by atoms with Crippen molar-refractivity contribution in [2.75, 3.05) is 36.1 Å². The number of carbonyl (C=O) groups is 2. The quantitative estimate of drug-likeness (QED) is 0.577. The molecule has 0 atom stereocenters. The van der Waals surface area contributed by atoms with Crippen LogP contribution in [0.5, 0.6) is 5.75 Å². The number of nitrogens with zero attached hydrogens (tertiary/aromatic N) is 1. The molecule has 0 saturated heterocycles. The summed E-state index contributed by atoms with van der Waals surface area (Å²) >= 11 is 0. The molecular formula is C21H26N2O6S. The predicted molar refractivity (Wildman–Crippen MR) is 115 cm³/mol. The van der Waals surface area contributed by atoms with Crippen molar-refractivity contribution in [2.45, 2.75) is 19.8 Å². The lowest BCUT2D eigenvalue weighted by Gasteiger charge is -2.22. The van der Waals surface area contributed by atoms with Crippen molar-refractivity contribution < 1.29 is 27.5 Å². The van der Waals surface area contributed by atoms with E-state index in [1.165, 1.54) is 17.5 Å². The average Bonchev–Trinajstić information content (AvgIpc) is 2.71. The Morgan fingerprint density at radius 1 is 1.10 bits per heavy atom. The summed E-state index contributed by atoms with van der Waals surface area (Å²) in [5, 5.41) is 2.72. The van der Waals surface area contributed by atoms with Gasteiger partial charge in [0.25, 0.3) is 0 Å². The zero-order chi connectivity index (χ0) is 22.1. The van der Waals surface area contributed by atoms with E-state index in [-0.39, 0.29) is 25.5 Å². The monoisotopic (exact) mass is 434 g/mol. The number of hydrogen-bond acceptors (Lipinski definition) is 6. The summed E-state index contributed by atoms with van der Waals surface area (Å²) in [5.74, 6) is -0.118. The molecule has 0 spiro atoms. The second-order valence-electron chi connectivity index (χ2n) is 6.49. The van der Waals surface area contributed by atoms with Crippen molar-refractivity contribution in [1.82, 2.24) is 0 Å². The topological polar surface area (TPSA) is 102 Å². The normalized spacial score (nSPS) is 10.9. The molecule has 0 heterocycles. The first-order chi connectivity index (χ1) is 14.2. The third kappa shape index (κ3) is 6.77. The first-order valence-electron chi connectivity index (χ1n) is 9.43. The van der Waals surface area contributed by atoms with Gasteiger partial charge in [-0.3, -0.25) is 9.10 Å². The minimum Gasteiger partial charge on any atom is -0.497 e. The Labute approximate surface area is 176 Å². The predicted octanol–water partition coefficient (Wildman–Crippen LogP) is 3.06. The lowest BCUT2D eigenvalue weighted by molar-refractivity contribution is -0.116. The van der Waals surface area contributed by atoms with Crippen molar-refractivity contribution in [3.8, 4) is 5.75 Å². The van der Waals surface area contributed by atoms with Crippen molar-refractivity contribution >= 4 is 33.3 Å². The maximum absolute atomic E-state index is 12.3. The molecule has 0 fully saturated rings. The lowest BCUT2D eigenvalue weighted by Crippen LogP contribution is -2.31. The molecule has 0 bridgehead atoms. The third-order valence-electron chi connectivity index (χ3n) is 4.18. The molecule has 0 aliphatic carbocycles. The van der Waals surface area contributed by atoms with Crippen LogP contribution in [-0.4, -0.2) is 46.8 Å². The first kappa shape index (κ1) is 23.2. The molecule has 0 aliphatic rings. The molecule has 0 unspecified atom stereocenters. The van der Waals surface area contributed by atoms with E-state index in [1.54, 1.807) is 49.4 Å². The molecule has 0 saturated carbocycles. The zero-order valence-electron chi connectivity index (χ0n) is 17.3. The molecule has 1 N–H and O–H groups in total. The van der Waals surface area contributed by atoms with Crippen LogP contribution >= 0.6 is 0 Å². The molecule has 0 aliphatic heterocycles. The number of anilines is 2. The highest BCUT2D eigenvalue weighted by atomic mass is 32.2. The number of esters is 1. The summed E-state index contributed by atoms with van der Waals surface area (Å²) in [6.45, 7) is 2.14. The van der Waals surface area contributed by atoms with Crippen LogP contribution in [0.25, 0.3) is 0 Å². The highest BCUT2D eigenvalue weighted by Gasteiger charge is 2.18. The number of ether oxygens (including phenoxy) is 2. The van der Waals surface area contributed by atoms with Crippen LogP contribution in [0.15, 0.2) is 48.5 Å². The Bertz CT molecular complexity index is 973. The maximum atomic E-state index is 12.3. The third-order valence-corrected chi connectivity index (χ3v) is 5.38. The van der Waals surface area contributed by atoms with E-state index in [0.717, 1.165) is 6.26 Å². The Morgan fingerprint density at radius 3 is 2.40 bits per heavy atom. The van der Waals surface area contributed by atoms with Crippen LogP contribution in [0.2, 0.25) is 0 Å². The maximum Gasteiger partial charge on any atom is 0.338 e. The van der Waals surface area contributed by atoms with Crippen LogP contribution in [-0.2, 0) is 19.6 Å². The molecule has 2 aromatic rings. The van der Waals surface area contributed by atoms with Gasteiger partial charge in [0, 0.05) is 18.7 Å². The summed E-state index contributed by atoms with van der Waals surface area (Å²) in [5.41, 5.74) is 1.32. The van der Waals surface area contributed by atoms with Gasteiger partial charge in [-0.25, -0.2) is 13.2 Å². The molecule has 8 nitrogen and oxygen atoms in total. The van der Waals surface area contributed by atoms with Crippen LogP contribution in [0.3, 0.4) is 0 Å². The van der Waals surface area contributed by atoms with Gasteiger partial charge in [-0.2, -0.15) is 0 Å². The average molecular weight is 435 g/mol. The van der Waals surface area contributed by atoms with Crippen LogP contribution in [0.4, 0.5) is 11.4 Å².